The molecule has 0 amide bonds. The highest BCUT2D eigenvalue weighted by atomic mass is 32.2. The zero-order chi connectivity index (χ0) is 13.7. The molecular weight excluding hydrogens is 260 g/mol. The molecule has 0 aliphatic heterocycles. The highest BCUT2D eigenvalue weighted by molar-refractivity contribution is 7.89. The second kappa shape index (κ2) is 5.89. The molecule has 2 rings (SSSR count). The van der Waals surface area contributed by atoms with E-state index in [1.54, 1.807) is 31.4 Å². The Balaban J connectivity index is 2.12. The SMILES string of the molecule is COc1cccc(CS(=O)(=O)Cc2ccccc2)c1. The predicted octanol–water partition coefficient (Wildman–Crippen LogP) is 2.81. The van der Waals surface area contributed by atoms with E-state index < -0.39 is 9.84 Å². The van der Waals surface area contributed by atoms with Gasteiger partial charge in [0.1, 0.15) is 5.75 Å². The molecule has 0 spiro atoms. The second-order valence-electron chi connectivity index (χ2n) is 4.37. The number of methoxy groups -OCH3 is 1. The summed E-state index contributed by atoms with van der Waals surface area (Å²) in [5, 5.41) is 0. The molecule has 0 N–H and O–H groups in total. The molecule has 0 aromatic heterocycles. The van der Waals surface area contributed by atoms with E-state index in [0.717, 1.165) is 11.1 Å². The molecule has 3 nitrogen and oxygen atoms in total. The van der Waals surface area contributed by atoms with Gasteiger partial charge in [-0.1, -0.05) is 42.5 Å². The number of hydrogen-bond donors (Lipinski definition) is 0. The van der Waals surface area contributed by atoms with Crippen molar-refractivity contribution in [3.05, 3.63) is 65.7 Å². The van der Waals surface area contributed by atoms with Gasteiger partial charge in [0.15, 0.2) is 9.84 Å². The Morgan fingerprint density at radius 3 is 2.21 bits per heavy atom. The van der Waals surface area contributed by atoms with Crippen LogP contribution in [0.25, 0.3) is 0 Å². The molecule has 0 bridgehead atoms. The van der Waals surface area contributed by atoms with Crippen LogP contribution >= 0.6 is 0 Å². The van der Waals surface area contributed by atoms with Crippen LogP contribution in [0.4, 0.5) is 0 Å². The van der Waals surface area contributed by atoms with Gasteiger partial charge in [0.2, 0.25) is 0 Å². The molecule has 100 valence electrons. The molecule has 4 heteroatoms. The Bertz CT molecular complexity index is 633. The summed E-state index contributed by atoms with van der Waals surface area (Å²) in [4.78, 5) is 0. The van der Waals surface area contributed by atoms with Crippen LogP contribution in [0.2, 0.25) is 0 Å². The molecule has 0 atom stereocenters. The van der Waals surface area contributed by atoms with Crippen LogP contribution in [-0.2, 0) is 21.3 Å². The van der Waals surface area contributed by atoms with Crippen molar-refractivity contribution in [2.75, 3.05) is 7.11 Å². The van der Waals surface area contributed by atoms with Crippen molar-refractivity contribution >= 4 is 9.84 Å². The summed E-state index contributed by atoms with van der Waals surface area (Å²) in [5.74, 6) is 0.761. The Morgan fingerprint density at radius 1 is 0.895 bits per heavy atom. The lowest BCUT2D eigenvalue weighted by molar-refractivity contribution is 0.414. The van der Waals surface area contributed by atoms with Crippen molar-refractivity contribution in [3.63, 3.8) is 0 Å². The minimum Gasteiger partial charge on any atom is -0.497 e. The summed E-state index contributed by atoms with van der Waals surface area (Å²) in [6.07, 6.45) is 0. The average molecular weight is 276 g/mol. The summed E-state index contributed by atoms with van der Waals surface area (Å²) in [6.45, 7) is 0. The molecule has 2 aromatic rings. The zero-order valence-electron chi connectivity index (χ0n) is 10.7. The normalized spacial score (nSPS) is 11.2. The quantitative estimate of drug-likeness (QED) is 0.843. The number of ether oxygens (including phenoxy) is 1. The van der Waals surface area contributed by atoms with Gasteiger partial charge in [0.25, 0.3) is 0 Å². The fourth-order valence-electron chi connectivity index (χ4n) is 1.90. The summed E-state index contributed by atoms with van der Waals surface area (Å²) in [5.41, 5.74) is 1.56. The first kappa shape index (κ1) is 13.6. The molecule has 0 fully saturated rings. The lowest BCUT2D eigenvalue weighted by Crippen LogP contribution is -2.07. The van der Waals surface area contributed by atoms with Crippen LogP contribution in [0.1, 0.15) is 11.1 Å². The van der Waals surface area contributed by atoms with Gasteiger partial charge in [-0.3, -0.25) is 0 Å². The third-order valence-corrected chi connectivity index (χ3v) is 4.30. The molecule has 0 unspecified atom stereocenters. The Morgan fingerprint density at radius 2 is 1.53 bits per heavy atom. The maximum Gasteiger partial charge on any atom is 0.158 e. The van der Waals surface area contributed by atoms with Crippen molar-refractivity contribution < 1.29 is 13.2 Å². The highest BCUT2D eigenvalue weighted by Crippen LogP contribution is 2.17. The van der Waals surface area contributed by atoms with Gasteiger partial charge in [-0.25, -0.2) is 8.42 Å². The van der Waals surface area contributed by atoms with E-state index in [4.69, 9.17) is 4.74 Å². The topological polar surface area (TPSA) is 43.4 Å². The number of sulfone groups is 1. The number of hydrogen-bond acceptors (Lipinski definition) is 3. The molecule has 0 saturated heterocycles. The van der Waals surface area contributed by atoms with Crippen LogP contribution < -0.4 is 4.74 Å². The van der Waals surface area contributed by atoms with E-state index in [0.29, 0.717) is 5.75 Å². The van der Waals surface area contributed by atoms with Gasteiger partial charge < -0.3 is 4.74 Å². The van der Waals surface area contributed by atoms with Crippen LogP contribution in [0.5, 0.6) is 5.75 Å². The van der Waals surface area contributed by atoms with Gasteiger partial charge in [-0.05, 0) is 23.3 Å². The Labute approximate surface area is 113 Å². The van der Waals surface area contributed by atoms with E-state index >= 15 is 0 Å². The van der Waals surface area contributed by atoms with Crippen molar-refractivity contribution in [1.29, 1.82) is 0 Å². The van der Waals surface area contributed by atoms with Crippen molar-refractivity contribution in [1.82, 2.24) is 0 Å². The fourth-order valence-corrected chi connectivity index (χ4v) is 3.39. The van der Waals surface area contributed by atoms with Crippen LogP contribution in [0.15, 0.2) is 54.6 Å². The molecule has 0 aliphatic carbocycles. The first-order valence-corrected chi connectivity index (χ1v) is 7.78. The van der Waals surface area contributed by atoms with E-state index in [2.05, 4.69) is 0 Å². The second-order valence-corrected chi connectivity index (χ2v) is 6.43. The van der Waals surface area contributed by atoms with Crippen LogP contribution in [0, 0.1) is 0 Å². The van der Waals surface area contributed by atoms with Crippen molar-refractivity contribution in [2.24, 2.45) is 0 Å². The van der Waals surface area contributed by atoms with Crippen molar-refractivity contribution in [2.45, 2.75) is 11.5 Å². The highest BCUT2D eigenvalue weighted by Gasteiger charge is 2.13. The molecule has 0 aliphatic rings. The third kappa shape index (κ3) is 4.10. The molecular formula is C15H16O3S. The summed E-state index contributed by atoms with van der Waals surface area (Å²) in [6, 6.07) is 16.4. The predicted molar refractivity (Wildman–Crippen MR) is 75.8 cm³/mol. The lowest BCUT2D eigenvalue weighted by atomic mass is 10.2. The van der Waals surface area contributed by atoms with Gasteiger partial charge >= 0.3 is 0 Å². The van der Waals surface area contributed by atoms with Crippen LogP contribution in [0.3, 0.4) is 0 Å². The van der Waals surface area contributed by atoms with Crippen molar-refractivity contribution in [3.8, 4) is 5.75 Å². The first-order valence-electron chi connectivity index (χ1n) is 5.96. The molecule has 0 heterocycles. The van der Waals surface area contributed by atoms with E-state index in [9.17, 15) is 8.42 Å². The van der Waals surface area contributed by atoms with Gasteiger partial charge in [0.05, 0.1) is 18.6 Å². The minimum absolute atomic E-state index is 0.0269. The first-order chi connectivity index (χ1) is 9.09. The van der Waals surface area contributed by atoms with Crippen LogP contribution in [-0.4, -0.2) is 15.5 Å². The standard InChI is InChI=1S/C15H16O3S/c1-18-15-9-5-8-14(10-15)12-19(16,17)11-13-6-3-2-4-7-13/h2-10H,11-12H2,1H3. The van der Waals surface area contributed by atoms with Gasteiger partial charge in [-0.2, -0.15) is 0 Å². The van der Waals surface area contributed by atoms with E-state index in [-0.39, 0.29) is 11.5 Å². The van der Waals surface area contributed by atoms with Gasteiger partial charge in [-0.15, -0.1) is 0 Å². The Hall–Kier alpha value is -1.81. The maximum absolute atomic E-state index is 12.1. The third-order valence-electron chi connectivity index (χ3n) is 2.75. The fraction of sp³-hybridized carbons (Fsp3) is 0.200. The summed E-state index contributed by atoms with van der Waals surface area (Å²) in [7, 11) is -1.60. The minimum atomic E-state index is -3.17. The summed E-state index contributed by atoms with van der Waals surface area (Å²) >= 11 is 0. The van der Waals surface area contributed by atoms with E-state index in [1.165, 1.54) is 0 Å². The van der Waals surface area contributed by atoms with E-state index in [1.807, 2.05) is 30.3 Å². The lowest BCUT2D eigenvalue weighted by Gasteiger charge is -2.06. The summed E-state index contributed by atoms with van der Waals surface area (Å²) < 4.78 is 29.3. The molecule has 0 saturated carbocycles. The molecule has 0 radical (unpaired) electrons. The Kier molecular flexibility index (Phi) is 4.22. The molecule has 19 heavy (non-hydrogen) atoms. The monoisotopic (exact) mass is 276 g/mol. The number of rotatable bonds is 5. The smallest absolute Gasteiger partial charge is 0.158 e. The van der Waals surface area contributed by atoms with Gasteiger partial charge in [0, 0.05) is 0 Å². The molecule has 2 aromatic carbocycles. The zero-order valence-corrected chi connectivity index (χ0v) is 11.6. The number of benzene rings is 2. The maximum atomic E-state index is 12.1. The average Bonchev–Trinajstić information content (AvgIpc) is 2.39. The largest absolute Gasteiger partial charge is 0.497 e.